The topological polar surface area (TPSA) is 46.3 Å². The highest BCUT2D eigenvalue weighted by atomic mass is 35.5. The number of hydrogen-bond donors (Lipinski definition) is 1. The second-order valence-corrected chi connectivity index (χ2v) is 5.27. The number of unbranched alkanes of at least 4 members (excludes halogenated alkanes) is 3. The molecule has 0 aromatic heterocycles. The van der Waals surface area contributed by atoms with Gasteiger partial charge in [0.15, 0.2) is 0 Å². The van der Waals surface area contributed by atoms with E-state index in [-0.39, 0.29) is 5.91 Å². The fourth-order valence-corrected chi connectivity index (χ4v) is 2.18. The lowest BCUT2D eigenvalue weighted by Gasteiger charge is -2.17. The standard InChI is InChI=1S/C15H23ClN2O/c1-18(12-13-7-6-8-14(16)11-13)15(19)9-4-2-3-5-10-17/h6-8,11H,2-5,9-10,12,17H2,1H3. The van der Waals surface area contributed by atoms with Crippen LogP contribution < -0.4 is 5.73 Å². The van der Waals surface area contributed by atoms with Crippen LogP contribution in [0.3, 0.4) is 0 Å². The van der Waals surface area contributed by atoms with Crippen molar-refractivity contribution in [1.82, 2.24) is 4.90 Å². The van der Waals surface area contributed by atoms with Crippen LogP contribution in [0.15, 0.2) is 24.3 Å². The molecular weight excluding hydrogens is 260 g/mol. The van der Waals surface area contributed by atoms with E-state index in [0.29, 0.717) is 18.0 Å². The third kappa shape index (κ3) is 6.60. The molecule has 19 heavy (non-hydrogen) atoms. The number of carbonyl (C=O) groups excluding carboxylic acids is 1. The van der Waals surface area contributed by atoms with Crippen molar-refractivity contribution in [3.63, 3.8) is 0 Å². The normalized spacial score (nSPS) is 10.5. The smallest absolute Gasteiger partial charge is 0.222 e. The van der Waals surface area contributed by atoms with Crippen LogP contribution in [0.5, 0.6) is 0 Å². The molecule has 1 rings (SSSR count). The highest BCUT2D eigenvalue weighted by Crippen LogP contribution is 2.13. The summed E-state index contributed by atoms with van der Waals surface area (Å²) in [5.74, 6) is 0.188. The number of benzene rings is 1. The van der Waals surface area contributed by atoms with Gasteiger partial charge >= 0.3 is 0 Å². The van der Waals surface area contributed by atoms with Gasteiger partial charge in [0.25, 0.3) is 0 Å². The molecule has 3 nitrogen and oxygen atoms in total. The van der Waals surface area contributed by atoms with E-state index in [1.54, 1.807) is 4.90 Å². The second-order valence-electron chi connectivity index (χ2n) is 4.83. The third-order valence-corrected chi connectivity index (χ3v) is 3.31. The molecule has 0 unspecified atom stereocenters. The minimum absolute atomic E-state index is 0.188. The zero-order chi connectivity index (χ0) is 14.1. The van der Waals surface area contributed by atoms with Crippen molar-refractivity contribution in [3.05, 3.63) is 34.9 Å². The van der Waals surface area contributed by atoms with Crippen molar-refractivity contribution in [2.24, 2.45) is 5.73 Å². The third-order valence-electron chi connectivity index (χ3n) is 3.08. The molecule has 106 valence electrons. The predicted molar refractivity (Wildman–Crippen MR) is 80.1 cm³/mol. The number of nitrogens with zero attached hydrogens (tertiary/aromatic N) is 1. The van der Waals surface area contributed by atoms with Gasteiger partial charge in [0, 0.05) is 25.0 Å². The Bertz CT molecular complexity index is 395. The van der Waals surface area contributed by atoms with Crippen molar-refractivity contribution in [2.45, 2.75) is 38.6 Å². The van der Waals surface area contributed by atoms with Crippen LogP contribution in [0.1, 0.15) is 37.7 Å². The van der Waals surface area contributed by atoms with Crippen LogP contribution in [0, 0.1) is 0 Å². The highest BCUT2D eigenvalue weighted by molar-refractivity contribution is 6.30. The zero-order valence-electron chi connectivity index (χ0n) is 11.6. The number of halogens is 1. The molecule has 0 atom stereocenters. The largest absolute Gasteiger partial charge is 0.341 e. The lowest BCUT2D eigenvalue weighted by atomic mass is 10.1. The molecule has 0 aliphatic rings. The van der Waals surface area contributed by atoms with Crippen molar-refractivity contribution in [2.75, 3.05) is 13.6 Å². The first-order valence-electron chi connectivity index (χ1n) is 6.82. The number of rotatable bonds is 8. The molecule has 1 amide bonds. The van der Waals surface area contributed by atoms with Crippen LogP contribution in [0.4, 0.5) is 0 Å². The SMILES string of the molecule is CN(Cc1cccc(Cl)c1)C(=O)CCCCCCN. The molecule has 0 aliphatic carbocycles. The van der Waals surface area contributed by atoms with E-state index in [1.165, 1.54) is 0 Å². The van der Waals surface area contributed by atoms with Gasteiger partial charge in [-0.15, -0.1) is 0 Å². The molecule has 1 aromatic rings. The molecule has 0 bridgehead atoms. The van der Waals surface area contributed by atoms with E-state index in [4.69, 9.17) is 17.3 Å². The molecular formula is C15H23ClN2O. The minimum atomic E-state index is 0.188. The van der Waals surface area contributed by atoms with Crippen molar-refractivity contribution in [3.8, 4) is 0 Å². The summed E-state index contributed by atoms with van der Waals surface area (Å²) in [5, 5.41) is 0.708. The summed E-state index contributed by atoms with van der Waals surface area (Å²) in [6.45, 7) is 1.35. The highest BCUT2D eigenvalue weighted by Gasteiger charge is 2.08. The lowest BCUT2D eigenvalue weighted by molar-refractivity contribution is -0.130. The van der Waals surface area contributed by atoms with Crippen molar-refractivity contribution < 1.29 is 4.79 Å². The summed E-state index contributed by atoms with van der Waals surface area (Å²) in [5.41, 5.74) is 6.49. The summed E-state index contributed by atoms with van der Waals surface area (Å²) in [7, 11) is 1.84. The van der Waals surface area contributed by atoms with E-state index in [2.05, 4.69) is 0 Å². The maximum atomic E-state index is 11.9. The zero-order valence-corrected chi connectivity index (χ0v) is 12.3. The maximum Gasteiger partial charge on any atom is 0.222 e. The Kier molecular flexibility index (Phi) is 7.53. The van der Waals surface area contributed by atoms with Gasteiger partial charge in [-0.25, -0.2) is 0 Å². The van der Waals surface area contributed by atoms with Gasteiger partial charge in [0.1, 0.15) is 0 Å². The first kappa shape index (κ1) is 16.0. The summed E-state index contributed by atoms with van der Waals surface area (Å²) in [4.78, 5) is 13.7. The number of hydrogen-bond acceptors (Lipinski definition) is 2. The van der Waals surface area contributed by atoms with Crippen molar-refractivity contribution in [1.29, 1.82) is 0 Å². The van der Waals surface area contributed by atoms with Gasteiger partial charge in [-0.05, 0) is 37.1 Å². The Morgan fingerprint density at radius 1 is 1.26 bits per heavy atom. The van der Waals surface area contributed by atoms with E-state index in [9.17, 15) is 4.79 Å². The van der Waals surface area contributed by atoms with Gasteiger partial charge < -0.3 is 10.6 Å². The first-order chi connectivity index (χ1) is 9.13. The van der Waals surface area contributed by atoms with Crippen LogP contribution >= 0.6 is 11.6 Å². The number of nitrogens with two attached hydrogens (primary N) is 1. The molecule has 0 spiro atoms. The predicted octanol–water partition coefficient (Wildman–Crippen LogP) is 3.21. The fourth-order valence-electron chi connectivity index (χ4n) is 1.96. The van der Waals surface area contributed by atoms with E-state index < -0.39 is 0 Å². The molecule has 0 radical (unpaired) electrons. The Morgan fingerprint density at radius 2 is 2.00 bits per heavy atom. The number of carbonyl (C=O) groups is 1. The fraction of sp³-hybridized carbons (Fsp3) is 0.533. The molecule has 4 heteroatoms. The molecule has 0 saturated heterocycles. The van der Waals surface area contributed by atoms with Crippen molar-refractivity contribution >= 4 is 17.5 Å². The summed E-state index contributed by atoms with van der Waals surface area (Å²) in [6.07, 6.45) is 4.79. The summed E-state index contributed by atoms with van der Waals surface area (Å²) >= 11 is 5.93. The Morgan fingerprint density at radius 3 is 2.68 bits per heavy atom. The molecule has 1 aromatic carbocycles. The molecule has 0 aliphatic heterocycles. The van der Waals surface area contributed by atoms with Crippen LogP contribution in [0.2, 0.25) is 5.02 Å². The molecule has 0 saturated carbocycles. The Balaban J connectivity index is 2.28. The second kappa shape index (κ2) is 8.94. The van der Waals surface area contributed by atoms with E-state index in [1.807, 2.05) is 31.3 Å². The Labute approximate surface area is 120 Å². The molecule has 0 fully saturated rings. The maximum absolute atomic E-state index is 11.9. The average molecular weight is 283 g/mol. The molecule has 0 heterocycles. The van der Waals surface area contributed by atoms with Gasteiger partial charge in [-0.2, -0.15) is 0 Å². The van der Waals surface area contributed by atoms with Crippen LogP contribution in [0.25, 0.3) is 0 Å². The minimum Gasteiger partial charge on any atom is -0.341 e. The van der Waals surface area contributed by atoms with Gasteiger partial charge in [-0.3, -0.25) is 4.79 Å². The van der Waals surface area contributed by atoms with Crippen LogP contribution in [-0.4, -0.2) is 24.4 Å². The molecule has 2 N–H and O–H groups in total. The lowest BCUT2D eigenvalue weighted by Crippen LogP contribution is -2.25. The van der Waals surface area contributed by atoms with E-state index in [0.717, 1.165) is 37.8 Å². The summed E-state index contributed by atoms with van der Waals surface area (Å²) in [6, 6.07) is 7.62. The van der Waals surface area contributed by atoms with Gasteiger partial charge in [0.2, 0.25) is 5.91 Å². The first-order valence-corrected chi connectivity index (χ1v) is 7.19. The monoisotopic (exact) mass is 282 g/mol. The summed E-state index contributed by atoms with van der Waals surface area (Å²) < 4.78 is 0. The number of amides is 1. The van der Waals surface area contributed by atoms with Gasteiger partial charge in [-0.1, -0.05) is 36.6 Å². The van der Waals surface area contributed by atoms with E-state index >= 15 is 0 Å². The van der Waals surface area contributed by atoms with Crippen LogP contribution in [-0.2, 0) is 11.3 Å². The van der Waals surface area contributed by atoms with Gasteiger partial charge in [0.05, 0.1) is 0 Å². The quantitative estimate of drug-likeness (QED) is 0.744. The average Bonchev–Trinajstić information content (AvgIpc) is 2.38. The Hall–Kier alpha value is -1.06.